The van der Waals surface area contributed by atoms with Crippen LogP contribution in [0.5, 0.6) is 5.88 Å². The average molecular weight is 349 g/mol. The smallest absolute Gasteiger partial charge is 0.305 e. The summed E-state index contributed by atoms with van der Waals surface area (Å²) in [6.07, 6.45) is 1.96. The molecule has 4 nitrogen and oxygen atoms in total. The molecule has 26 heavy (non-hydrogen) atoms. The standard InChI is InChI=1S/C22H23NO3/c1-2-25-22(24)14-8-9-15-26-21-16-19(17-10-4-3-5-11-17)18-12-6-7-13-20(18)23-21/h3-7,10-13,16H,2,8-9,14-15H2,1H3. The highest BCUT2D eigenvalue weighted by Gasteiger charge is 2.08. The third-order valence-electron chi connectivity index (χ3n) is 4.11. The van der Waals surface area contributed by atoms with Crippen LogP contribution in [0.25, 0.3) is 22.0 Å². The van der Waals surface area contributed by atoms with Crippen LogP contribution in [0.4, 0.5) is 0 Å². The van der Waals surface area contributed by atoms with E-state index in [-0.39, 0.29) is 5.97 Å². The molecule has 1 heterocycles. The zero-order chi connectivity index (χ0) is 18.2. The lowest BCUT2D eigenvalue weighted by atomic mass is 10.0. The van der Waals surface area contributed by atoms with Gasteiger partial charge in [-0.25, -0.2) is 4.98 Å². The minimum Gasteiger partial charge on any atom is -0.478 e. The molecule has 2 aromatic carbocycles. The summed E-state index contributed by atoms with van der Waals surface area (Å²) in [7, 11) is 0. The van der Waals surface area contributed by atoms with Crippen LogP contribution < -0.4 is 4.74 Å². The molecule has 0 N–H and O–H groups in total. The highest BCUT2D eigenvalue weighted by atomic mass is 16.5. The molecule has 0 atom stereocenters. The van der Waals surface area contributed by atoms with Crippen molar-refractivity contribution < 1.29 is 14.3 Å². The van der Waals surface area contributed by atoms with Gasteiger partial charge in [0, 0.05) is 17.9 Å². The Bertz CT molecular complexity index is 862. The van der Waals surface area contributed by atoms with Crippen LogP contribution in [0, 0.1) is 0 Å². The summed E-state index contributed by atoms with van der Waals surface area (Å²) in [5.74, 6) is 0.460. The molecule has 0 spiro atoms. The quantitative estimate of drug-likeness (QED) is 0.423. The molecule has 0 unspecified atom stereocenters. The summed E-state index contributed by atoms with van der Waals surface area (Å²) in [5, 5.41) is 1.10. The third-order valence-corrected chi connectivity index (χ3v) is 4.11. The molecule has 0 aliphatic heterocycles. The number of carbonyl (C=O) groups excluding carboxylic acids is 1. The summed E-state index contributed by atoms with van der Waals surface area (Å²) in [6.45, 7) is 2.77. The average Bonchev–Trinajstić information content (AvgIpc) is 2.68. The Balaban J connectivity index is 1.70. The van der Waals surface area contributed by atoms with E-state index < -0.39 is 0 Å². The largest absolute Gasteiger partial charge is 0.478 e. The minimum absolute atomic E-state index is 0.150. The number of ether oxygens (including phenoxy) is 2. The molecule has 0 saturated carbocycles. The van der Waals surface area contributed by atoms with Gasteiger partial charge in [-0.3, -0.25) is 4.79 Å². The molecule has 1 aromatic heterocycles. The van der Waals surface area contributed by atoms with Gasteiger partial charge in [0.2, 0.25) is 5.88 Å². The maximum absolute atomic E-state index is 11.3. The van der Waals surface area contributed by atoms with E-state index in [9.17, 15) is 4.79 Å². The van der Waals surface area contributed by atoms with Crippen molar-refractivity contribution in [3.8, 4) is 17.0 Å². The van der Waals surface area contributed by atoms with Gasteiger partial charge in [-0.1, -0.05) is 48.5 Å². The second kappa shape index (κ2) is 8.99. The van der Waals surface area contributed by atoms with Gasteiger partial charge in [0.1, 0.15) is 0 Å². The van der Waals surface area contributed by atoms with Crippen LogP contribution >= 0.6 is 0 Å². The van der Waals surface area contributed by atoms with E-state index in [0.29, 0.717) is 25.5 Å². The van der Waals surface area contributed by atoms with Gasteiger partial charge in [-0.2, -0.15) is 0 Å². The molecule has 0 saturated heterocycles. The minimum atomic E-state index is -0.150. The molecule has 4 heteroatoms. The van der Waals surface area contributed by atoms with Crippen molar-refractivity contribution in [2.24, 2.45) is 0 Å². The zero-order valence-corrected chi connectivity index (χ0v) is 15.0. The Morgan fingerprint density at radius 1 is 1.00 bits per heavy atom. The first-order chi connectivity index (χ1) is 12.8. The van der Waals surface area contributed by atoms with E-state index in [1.807, 2.05) is 49.4 Å². The van der Waals surface area contributed by atoms with E-state index in [0.717, 1.165) is 34.9 Å². The molecule has 0 fully saturated rings. The van der Waals surface area contributed by atoms with E-state index in [1.165, 1.54) is 0 Å². The molecular weight excluding hydrogens is 326 g/mol. The van der Waals surface area contributed by atoms with Crippen molar-refractivity contribution in [1.29, 1.82) is 0 Å². The lowest BCUT2D eigenvalue weighted by Gasteiger charge is -2.11. The van der Waals surface area contributed by atoms with Crippen molar-refractivity contribution in [1.82, 2.24) is 4.98 Å². The Morgan fingerprint density at radius 3 is 2.58 bits per heavy atom. The van der Waals surface area contributed by atoms with Crippen LogP contribution in [0.15, 0.2) is 60.7 Å². The van der Waals surface area contributed by atoms with Crippen LogP contribution in [-0.2, 0) is 9.53 Å². The Morgan fingerprint density at radius 2 is 1.77 bits per heavy atom. The first-order valence-corrected chi connectivity index (χ1v) is 9.01. The SMILES string of the molecule is CCOC(=O)CCCCOc1cc(-c2ccccc2)c2ccccc2n1. The van der Waals surface area contributed by atoms with Gasteiger partial charge in [0.15, 0.2) is 0 Å². The molecule has 3 rings (SSSR count). The topological polar surface area (TPSA) is 48.4 Å². The Labute approximate surface area is 153 Å². The third kappa shape index (κ3) is 4.60. The fourth-order valence-corrected chi connectivity index (χ4v) is 2.86. The van der Waals surface area contributed by atoms with Crippen molar-refractivity contribution in [2.75, 3.05) is 13.2 Å². The zero-order valence-electron chi connectivity index (χ0n) is 15.0. The molecular formula is C22H23NO3. The fraction of sp³-hybridized carbons (Fsp3) is 0.273. The number of para-hydroxylation sites is 1. The first-order valence-electron chi connectivity index (χ1n) is 9.01. The molecule has 0 amide bonds. The van der Waals surface area contributed by atoms with Crippen LogP contribution in [0.1, 0.15) is 26.2 Å². The lowest BCUT2D eigenvalue weighted by molar-refractivity contribution is -0.143. The number of carbonyl (C=O) groups is 1. The number of fused-ring (bicyclic) bond motifs is 1. The van der Waals surface area contributed by atoms with E-state index in [4.69, 9.17) is 9.47 Å². The predicted octanol–water partition coefficient (Wildman–Crippen LogP) is 5.01. The van der Waals surface area contributed by atoms with Gasteiger partial charge in [0.25, 0.3) is 0 Å². The van der Waals surface area contributed by atoms with Crippen LogP contribution in [-0.4, -0.2) is 24.2 Å². The maximum Gasteiger partial charge on any atom is 0.305 e. The number of aromatic nitrogens is 1. The van der Waals surface area contributed by atoms with E-state index >= 15 is 0 Å². The van der Waals surface area contributed by atoms with Gasteiger partial charge >= 0.3 is 5.97 Å². The van der Waals surface area contributed by atoms with E-state index in [1.54, 1.807) is 0 Å². The maximum atomic E-state index is 11.3. The predicted molar refractivity (Wildman–Crippen MR) is 103 cm³/mol. The first kappa shape index (κ1) is 17.9. The second-order valence-corrected chi connectivity index (χ2v) is 6.00. The monoisotopic (exact) mass is 349 g/mol. The highest BCUT2D eigenvalue weighted by molar-refractivity contribution is 5.95. The molecule has 3 aromatic rings. The number of nitrogens with zero attached hydrogens (tertiary/aromatic N) is 1. The Hall–Kier alpha value is -2.88. The van der Waals surface area contributed by atoms with Crippen molar-refractivity contribution in [3.05, 3.63) is 60.7 Å². The number of hydrogen-bond acceptors (Lipinski definition) is 4. The number of rotatable bonds is 8. The van der Waals surface area contributed by atoms with Crippen LogP contribution in [0.3, 0.4) is 0 Å². The molecule has 134 valence electrons. The summed E-state index contributed by atoms with van der Waals surface area (Å²) >= 11 is 0. The molecule has 0 bridgehead atoms. The van der Waals surface area contributed by atoms with Crippen molar-refractivity contribution in [2.45, 2.75) is 26.2 Å². The highest BCUT2D eigenvalue weighted by Crippen LogP contribution is 2.30. The summed E-state index contributed by atoms with van der Waals surface area (Å²) < 4.78 is 10.8. The molecule has 0 aliphatic carbocycles. The number of esters is 1. The number of unbranched alkanes of at least 4 members (excludes halogenated alkanes) is 1. The van der Waals surface area contributed by atoms with Crippen molar-refractivity contribution in [3.63, 3.8) is 0 Å². The molecule has 0 aliphatic rings. The normalized spacial score (nSPS) is 10.7. The fourth-order valence-electron chi connectivity index (χ4n) is 2.86. The van der Waals surface area contributed by atoms with E-state index in [2.05, 4.69) is 23.2 Å². The number of benzene rings is 2. The second-order valence-electron chi connectivity index (χ2n) is 6.00. The molecule has 0 radical (unpaired) electrons. The Kier molecular flexibility index (Phi) is 6.20. The number of pyridine rings is 1. The number of hydrogen-bond donors (Lipinski definition) is 0. The van der Waals surface area contributed by atoms with Crippen LogP contribution in [0.2, 0.25) is 0 Å². The summed E-state index contributed by atoms with van der Waals surface area (Å²) in [6, 6.07) is 20.3. The van der Waals surface area contributed by atoms with Crippen molar-refractivity contribution >= 4 is 16.9 Å². The lowest BCUT2D eigenvalue weighted by Crippen LogP contribution is -2.05. The van der Waals surface area contributed by atoms with Gasteiger partial charge in [-0.05, 0) is 37.0 Å². The van der Waals surface area contributed by atoms with Gasteiger partial charge in [0.05, 0.1) is 18.7 Å². The summed E-state index contributed by atoms with van der Waals surface area (Å²) in [5.41, 5.74) is 3.16. The van der Waals surface area contributed by atoms with Gasteiger partial charge < -0.3 is 9.47 Å². The summed E-state index contributed by atoms with van der Waals surface area (Å²) in [4.78, 5) is 16.0. The van der Waals surface area contributed by atoms with Gasteiger partial charge in [-0.15, -0.1) is 0 Å².